The summed E-state index contributed by atoms with van der Waals surface area (Å²) >= 11 is 7.20. The van der Waals surface area contributed by atoms with Crippen molar-refractivity contribution in [2.24, 2.45) is 0 Å². The molecule has 0 bridgehead atoms. The summed E-state index contributed by atoms with van der Waals surface area (Å²) in [5.74, 6) is -0.896. The number of halogens is 1. The van der Waals surface area contributed by atoms with Gasteiger partial charge in [-0.15, -0.1) is 0 Å². The van der Waals surface area contributed by atoms with Gasteiger partial charge in [0, 0.05) is 11.6 Å². The van der Waals surface area contributed by atoms with E-state index in [1.54, 1.807) is 12.1 Å². The highest BCUT2D eigenvalue weighted by Crippen LogP contribution is 2.29. The molecular weight excluding hydrogens is 312 g/mol. The Morgan fingerprint density at radius 3 is 3.00 bits per heavy atom. The van der Waals surface area contributed by atoms with Crippen LogP contribution in [0.25, 0.3) is 11.0 Å². The number of rotatable bonds is 7. The summed E-state index contributed by atoms with van der Waals surface area (Å²) in [6, 6.07) is 5.55. The molecule has 0 spiro atoms. The maximum atomic E-state index is 10.8. The number of aliphatic carboxylic acids is 1. The summed E-state index contributed by atoms with van der Waals surface area (Å²) in [4.78, 5) is 15.3. The fraction of sp³-hybridized carbons (Fsp3) is 0.429. The fourth-order valence-corrected chi connectivity index (χ4v) is 3.07. The Labute approximate surface area is 132 Å². The average molecular weight is 329 g/mol. The van der Waals surface area contributed by atoms with E-state index in [4.69, 9.17) is 21.4 Å². The number of imidazole rings is 1. The molecule has 0 saturated heterocycles. The van der Waals surface area contributed by atoms with Crippen molar-refractivity contribution >= 4 is 40.4 Å². The minimum Gasteiger partial charge on any atom is -0.481 e. The highest BCUT2D eigenvalue weighted by Gasteiger charge is 2.17. The van der Waals surface area contributed by atoms with Crippen LogP contribution in [0.5, 0.6) is 0 Å². The summed E-state index contributed by atoms with van der Waals surface area (Å²) in [5.41, 5.74) is 1.69. The van der Waals surface area contributed by atoms with Crippen molar-refractivity contribution in [2.75, 3.05) is 19.0 Å². The van der Waals surface area contributed by atoms with Crippen LogP contribution in [0.15, 0.2) is 23.4 Å². The summed E-state index contributed by atoms with van der Waals surface area (Å²) in [5, 5.41) is 10.1. The molecule has 2 rings (SSSR count). The third-order valence-electron chi connectivity index (χ3n) is 2.95. The van der Waals surface area contributed by atoms with Crippen LogP contribution < -0.4 is 0 Å². The lowest BCUT2D eigenvalue weighted by Gasteiger charge is -2.16. The largest absolute Gasteiger partial charge is 0.481 e. The first kappa shape index (κ1) is 16.1. The first-order valence-electron chi connectivity index (χ1n) is 6.62. The summed E-state index contributed by atoms with van der Waals surface area (Å²) in [6.07, 6.45) is 0. The minimum atomic E-state index is -0.867. The van der Waals surface area contributed by atoms with Crippen LogP contribution in [0.1, 0.15) is 19.9 Å². The number of carboxylic acid groups (broad SMARTS) is 1. The van der Waals surface area contributed by atoms with Crippen LogP contribution in [0, 0.1) is 0 Å². The van der Waals surface area contributed by atoms with Crippen LogP contribution >= 0.6 is 23.4 Å². The van der Waals surface area contributed by atoms with Crippen LogP contribution in [0.2, 0.25) is 5.02 Å². The number of carboxylic acids is 1. The number of benzene rings is 1. The van der Waals surface area contributed by atoms with Gasteiger partial charge in [0.05, 0.1) is 29.4 Å². The van der Waals surface area contributed by atoms with Gasteiger partial charge in [-0.3, -0.25) is 4.79 Å². The van der Waals surface area contributed by atoms with Crippen LogP contribution in [0.3, 0.4) is 0 Å². The van der Waals surface area contributed by atoms with E-state index in [2.05, 4.69) is 4.98 Å². The molecule has 1 N–H and O–H groups in total. The standard InChI is InChI=1S/C14H17ClN2O3S/c1-3-20-7-9(2)17-12-5-4-10(15)6-11(12)16-14(17)21-8-13(18)19/h4-6,9H,3,7-8H2,1-2H3,(H,18,19). The monoisotopic (exact) mass is 328 g/mol. The molecule has 1 aromatic heterocycles. The number of carbonyl (C=O) groups is 1. The summed E-state index contributed by atoms with van der Waals surface area (Å²) in [7, 11) is 0. The number of hydrogen-bond acceptors (Lipinski definition) is 4. The van der Waals surface area contributed by atoms with Gasteiger partial charge in [-0.05, 0) is 32.0 Å². The third-order valence-corrected chi connectivity index (χ3v) is 4.12. The van der Waals surface area contributed by atoms with Crippen LogP contribution in [-0.2, 0) is 9.53 Å². The van der Waals surface area contributed by atoms with Crippen molar-refractivity contribution in [1.82, 2.24) is 9.55 Å². The van der Waals surface area contributed by atoms with Crippen molar-refractivity contribution in [3.8, 4) is 0 Å². The molecule has 0 saturated carbocycles. The van der Waals surface area contributed by atoms with Crippen LogP contribution in [-0.4, -0.2) is 39.6 Å². The second-order valence-corrected chi connectivity index (χ2v) is 5.97. The average Bonchev–Trinajstić information content (AvgIpc) is 2.79. The molecule has 2 aromatic rings. The number of aromatic nitrogens is 2. The second-order valence-electron chi connectivity index (χ2n) is 4.59. The van der Waals surface area contributed by atoms with Crippen molar-refractivity contribution in [1.29, 1.82) is 0 Å². The van der Waals surface area contributed by atoms with Crippen molar-refractivity contribution in [3.05, 3.63) is 23.2 Å². The molecule has 5 nitrogen and oxygen atoms in total. The zero-order chi connectivity index (χ0) is 15.4. The Bertz CT molecular complexity index is 644. The molecular formula is C14H17ClN2O3S. The fourth-order valence-electron chi connectivity index (χ4n) is 2.07. The number of nitrogens with zero attached hydrogens (tertiary/aromatic N) is 2. The number of fused-ring (bicyclic) bond motifs is 1. The molecule has 0 aliphatic heterocycles. The lowest BCUT2D eigenvalue weighted by atomic mass is 10.3. The SMILES string of the molecule is CCOCC(C)n1c(SCC(=O)O)nc2cc(Cl)ccc21. The van der Waals surface area contributed by atoms with E-state index >= 15 is 0 Å². The second kappa shape index (κ2) is 7.15. The van der Waals surface area contributed by atoms with Crippen molar-refractivity contribution < 1.29 is 14.6 Å². The first-order valence-corrected chi connectivity index (χ1v) is 7.99. The quantitative estimate of drug-likeness (QED) is 0.788. The molecule has 1 atom stereocenters. The van der Waals surface area contributed by atoms with E-state index in [0.717, 1.165) is 11.0 Å². The highest BCUT2D eigenvalue weighted by atomic mass is 35.5. The number of ether oxygens (including phenoxy) is 1. The topological polar surface area (TPSA) is 64.3 Å². The van der Waals surface area contributed by atoms with Crippen molar-refractivity contribution in [2.45, 2.75) is 25.0 Å². The van der Waals surface area contributed by atoms with Gasteiger partial charge in [0.1, 0.15) is 0 Å². The Balaban J connectivity index is 2.41. The molecule has 7 heteroatoms. The van der Waals surface area contributed by atoms with Gasteiger partial charge in [-0.25, -0.2) is 4.98 Å². The third kappa shape index (κ3) is 3.90. The van der Waals surface area contributed by atoms with Crippen molar-refractivity contribution in [3.63, 3.8) is 0 Å². The number of hydrogen-bond donors (Lipinski definition) is 1. The molecule has 0 radical (unpaired) electrons. The predicted molar refractivity (Wildman–Crippen MR) is 84.3 cm³/mol. The smallest absolute Gasteiger partial charge is 0.313 e. The molecule has 1 aromatic carbocycles. The van der Waals surface area contributed by atoms with Gasteiger partial charge in [-0.2, -0.15) is 0 Å². The zero-order valence-corrected chi connectivity index (χ0v) is 13.4. The van der Waals surface area contributed by atoms with Gasteiger partial charge in [0.15, 0.2) is 5.16 Å². The first-order chi connectivity index (χ1) is 10.0. The van der Waals surface area contributed by atoms with Crippen LogP contribution in [0.4, 0.5) is 0 Å². The van der Waals surface area contributed by atoms with E-state index in [-0.39, 0.29) is 11.8 Å². The lowest BCUT2D eigenvalue weighted by molar-refractivity contribution is -0.133. The van der Waals surface area contributed by atoms with E-state index in [1.165, 1.54) is 11.8 Å². The molecule has 1 unspecified atom stereocenters. The maximum absolute atomic E-state index is 10.8. The minimum absolute atomic E-state index is 0.0294. The molecule has 0 fully saturated rings. The maximum Gasteiger partial charge on any atom is 0.313 e. The number of thioether (sulfide) groups is 1. The lowest BCUT2D eigenvalue weighted by Crippen LogP contribution is -2.13. The van der Waals surface area contributed by atoms with Gasteiger partial charge in [0.2, 0.25) is 0 Å². The predicted octanol–water partition coefficient (Wildman–Crippen LogP) is 3.46. The Morgan fingerprint density at radius 2 is 2.33 bits per heavy atom. The van der Waals surface area contributed by atoms with Gasteiger partial charge in [0.25, 0.3) is 0 Å². The Kier molecular flexibility index (Phi) is 5.50. The molecule has 114 valence electrons. The van der Waals surface area contributed by atoms with Gasteiger partial charge >= 0.3 is 5.97 Å². The summed E-state index contributed by atoms with van der Waals surface area (Å²) < 4.78 is 7.48. The highest BCUT2D eigenvalue weighted by molar-refractivity contribution is 7.99. The molecule has 0 aliphatic rings. The van der Waals surface area contributed by atoms with E-state index in [1.807, 2.05) is 24.5 Å². The molecule has 0 amide bonds. The molecule has 21 heavy (non-hydrogen) atoms. The normalized spacial score (nSPS) is 12.7. The van der Waals surface area contributed by atoms with E-state index < -0.39 is 5.97 Å². The summed E-state index contributed by atoms with van der Waals surface area (Å²) in [6.45, 7) is 5.15. The van der Waals surface area contributed by atoms with E-state index in [0.29, 0.717) is 23.4 Å². The molecule has 0 aliphatic carbocycles. The van der Waals surface area contributed by atoms with Gasteiger partial charge < -0.3 is 14.4 Å². The molecule has 1 heterocycles. The Morgan fingerprint density at radius 1 is 1.57 bits per heavy atom. The van der Waals surface area contributed by atoms with Gasteiger partial charge in [-0.1, -0.05) is 23.4 Å². The van der Waals surface area contributed by atoms with E-state index in [9.17, 15) is 4.79 Å². The zero-order valence-electron chi connectivity index (χ0n) is 11.9. The Hall–Kier alpha value is -1.24.